The van der Waals surface area contributed by atoms with Crippen LogP contribution >= 0.6 is 15.9 Å². The number of methoxy groups -OCH3 is 1. The van der Waals surface area contributed by atoms with Crippen LogP contribution in [0.15, 0.2) is 76.5 Å². The predicted octanol–water partition coefficient (Wildman–Crippen LogP) is 5.00. The molecule has 0 unspecified atom stereocenters. The maximum absolute atomic E-state index is 5.17. The average molecular weight is 355 g/mol. The largest absolute Gasteiger partial charge is 0.497 e. The molecule has 0 amide bonds. The minimum absolute atomic E-state index is 0.855. The number of ether oxygens (including phenoxy) is 1. The quantitative estimate of drug-likeness (QED) is 0.605. The van der Waals surface area contributed by atoms with E-state index in [4.69, 9.17) is 4.74 Å². The summed E-state index contributed by atoms with van der Waals surface area (Å²) in [5.41, 5.74) is 3.07. The van der Waals surface area contributed by atoms with Crippen molar-refractivity contribution in [3.8, 4) is 11.4 Å². The highest BCUT2D eigenvalue weighted by molar-refractivity contribution is 9.10. The van der Waals surface area contributed by atoms with Gasteiger partial charge in [-0.05, 0) is 54.6 Å². The van der Waals surface area contributed by atoms with Crippen molar-refractivity contribution in [2.45, 2.75) is 0 Å². The molecule has 3 rings (SSSR count). The van der Waals surface area contributed by atoms with Gasteiger partial charge in [-0.2, -0.15) is 0 Å². The van der Waals surface area contributed by atoms with Gasteiger partial charge in [0.1, 0.15) is 5.75 Å². The second-order valence-corrected chi connectivity index (χ2v) is 5.70. The zero-order chi connectivity index (χ0) is 15.4. The second-order valence-electron chi connectivity index (χ2n) is 4.78. The molecule has 3 aromatic rings. The molecule has 22 heavy (non-hydrogen) atoms. The fourth-order valence-electron chi connectivity index (χ4n) is 2.08. The molecule has 0 aliphatic heterocycles. The molecule has 1 aromatic heterocycles. The van der Waals surface area contributed by atoms with E-state index in [1.54, 1.807) is 7.11 Å². The SMILES string of the molecule is COc1ccc(-n2ccc(C=Nc3ccc(Br)cc3)c2)cc1. The summed E-state index contributed by atoms with van der Waals surface area (Å²) < 4.78 is 8.28. The van der Waals surface area contributed by atoms with Gasteiger partial charge in [-0.3, -0.25) is 4.99 Å². The van der Waals surface area contributed by atoms with Crippen molar-refractivity contribution >= 4 is 27.8 Å². The van der Waals surface area contributed by atoms with Gasteiger partial charge < -0.3 is 9.30 Å². The smallest absolute Gasteiger partial charge is 0.119 e. The van der Waals surface area contributed by atoms with Crippen LogP contribution in [0.2, 0.25) is 0 Å². The Morgan fingerprint density at radius 1 is 1.00 bits per heavy atom. The number of halogens is 1. The van der Waals surface area contributed by atoms with Gasteiger partial charge in [-0.25, -0.2) is 0 Å². The average Bonchev–Trinajstić information content (AvgIpc) is 3.03. The lowest BCUT2D eigenvalue weighted by Gasteiger charge is -2.04. The van der Waals surface area contributed by atoms with Crippen LogP contribution in [0.5, 0.6) is 5.75 Å². The van der Waals surface area contributed by atoms with Crippen LogP contribution in [0.1, 0.15) is 5.56 Å². The topological polar surface area (TPSA) is 26.5 Å². The molecule has 0 aliphatic rings. The Morgan fingerprint density at radius 3 is 2.41 bits per heavy atom. The van der Waals surface area contributed by atoms with Crippen molar-refractivity contribution in [2.24, 2.45) is 4.99 Å². The van der Waals surface area contributed by atoms with Gasteiger partial charge in [0.05, 0.1) is 12.8 Å². The summed E-state index contributed by atoms with van der Waals surface area (Å²) in [6.07, 6.45) is 5.93. The number of benzene rings is 2. The molecule has 2 aromatic carbocycles. The number of hydrogen-bond donors (Lipinski definition) is 0. The molecule has 0 spiro atoms. The lowest BCUT2D eigenvalue weighted by Crippen LogP contribution is -1.90. The maximum Gasteiger partial charge on any atom is 0.119 e. The van der Waals surface area contributed by atoms with E-state index >= 15 is 0 Å². The molecule has 0 bridgehead atoms. The minimum atomic E-state index is 0.855. The number of aliphatic imine (C=N–C) groups is 1. The van der Waals surface area contributed by atoms with Crippen molar-refractivity contribution in [3.63, 3.8) is 0 Å². The summed E-state index contributed by atoms with van der Waals surface area (Å²) in [4.78, 5) is 4.47. The Morgan fingerprint density at radius 2 is 1.73 bits per heavy atom. The Bertz CT molecular complexity index is 774. The number of nitrogens with zero attached hydrogens (tertiary/aromatic N) is 2. The molecule has 110 valence electrons. The van der Waals surface area contributed by atoms with Gasteiger partial charge >= 0.3 is 0 Å². The first kappa shape index (κ1) is 14.6. The third-order valence-electron chi connectivity index (χ3n) is 3.28. The fraction of sp³-hybridized carbons (Fsp3) is 0.0556. The van der Waals surface area contributed by atoms with Gasteiger partial charge in [0.15, 0.2) is 0 Å². The summed E-state index contributed by atoms with van der Waals surface area (Å²) in [7, 11) is 1.67. The van der Waals surface area contributed by atoms with Crippen LogP contribution in [0.4, 0.5) is 5.69 Å². The molecule has 0 radical (unpaired) electrons. The van der Waals surface area contributed by atoms with Crippen LogP contribution in [0.25, 0.3) is 5.69 Å². The first-order valence-corrected chi connectivity index (χ1v) is 7.66. The van der Waals surface area contributed by atoms with Crippen molar-refractivity contribution in [1.82, 2.24) is 4.57 Å². The Kier molecular flexibility index (Phi) is 4.39. The van der Waals surface area contributed by atoms with E-state index in [2.05, 4.69) is 25.5 Å². The van der Waals surface area contributed by atoms with Crippen molar-refractivity contribution < 1.29 is 4.74 Å². The van der Waals surface area contributed by atoms with Crippen LogP contribution in [-0.4, -0.2) is 17.9 Å². The van der Waals surface area contributed by atoms with Gasteiger partial charge in [0.25, 0.3) is 0 Å². The molecule has 0 atom stereocenters. The van der Waals surface area contributed by atoms with E-state index in [1.807, 2.05) is 73.2 Å². The summed E-state index contributed by atoms with van der Waals surface area (Å²) in [6, 6.07) is 17.9. The van der Waals surface area contributed by atoms with E-state index in [0.29, 0.717) is 0 Å². The monoisotopic (exact) mass is 354 g/mol. The van der Waals surface area contributed by atoms with Crippen molar-refractivity contribution in [3.05, 3.63) is 77.0 Å². The highest BCUT2D eigenvalue weighted by Gasteiger charge is 1.98. The molecule has 0 N–H and O–H groups in total. The Balaban J connectivity index is 1.76. The Labute approximate surface area is 138 Å². The van der Waals surface area contributed by atoms with E-state index < -0.39 is 0 Å². The van der Waals surface area contributed by atoms with Gasteiger partial charge in [0.2, 0.25) is 0 Å². The highest BCUT2D eigenvalue weighted by Crippen LogP contribution is 2.18. The fourth-order valence-corrected chi connectivity index (χ4v) is 2.34. The molecular formula is C18H15BrN2O. The standard InChI is InChI=1S/C18H15BrN2O/c1-22-18-8-6-17(7-9-18)21-11-10-14(13-21)12-20-16-4-2-15(19)3-5-16/h2-13H,1H3. The third-order valence-corrected chi connectivity index (χ3v) is 3.80. The van der Waals surface area contributed by atoms with Gasteiger partial charge in [-0.1, -0.05) is 15.9 Å². The third kappa shape index (κ3) is 3.46. The molecule has 0 aliphatic carbocycles. The highest BCUT2D eigenvalue weighted by atomic mass is 79.9. The molecular weight excluding hydrogens is 340 g/mol. The van der Waals surface area contributed by atoms with E-state index in [-0.39, 0.29) is 0 Å². The maximum atomic E-state index is 5.17. The summed E-state index contributed by atoms with van der Waals surface area (Å²) in [5, 5.41) is 0. The van der Waals surface area contributed by atoms with Crippen LogP contribution in [0, 0.1) is 0 Å². The van der Waals surface area contributed by atoms with Crippen molar-refractivity contribution in [2.75, 3.05) is 7.11 Å². The number of rotatable bonds is 4. The molecule has 0 fully saturated rings. The first-order valence-electron chi connectivity index (χ1n) is 6.87. The summed E-state index contributed by atoms with van der Waals surface area (Å²) in [5.74, 6) is 0.855. The number of hydrogen-bond acceptors (Lipinski definition) is 2. The molecule has 3 nitrogen and oxygen atoms in total. The number of aromatic nitrogens is 1. The molecule has 0 saturated heterocycles. The summed E-state index contributed by atoms with van der Waals surface area (Å²) >= 11 is 3.42. The lowest BCUT2D eigenvalue weighted by molar-refractivity contribution is 0.415. The zero-order valence-electron chi connectivity index (χ0n) is 12.1. The van der Waals surface area contributed by atoms with Gasteiger partial charge in [0, 0.05) is 34.3 Å². The summed E-state index contributed by atoms with van der Waals surface area (Å²) in [6.45, 7) is 0. The van der Waals surface area contributed by atoms with E-state index in [1.165, 1.54) is 0 Å². The lowest BCUT2D eigenvalue weighted by atomic mass is 10.3. The van der Waals surface area contributed by atoms with Crippen molar-refractivity contribution in [1.29, 1.82) is 0 Å². The predicted molar refractivity (Wildman–Crippen MR) is 93.7 cm³/mol. The molecule has 1 heterocycles. The molecule has 0 saturated carbocycles. The Hall–Kier alpha value is -2.33. The second kappa shape index (κ2) is 6.62. The van der Waals surface area contributed by atoms with E-state index in [0.717, 1.165) is 27.2 Å². The van der Waals surface area contributed by atoms with Crippen LogP contribution in [-0.2, 0) is 0 Å². The minimum Gasteiger partial charge on any atom is -0.497 e. The van der Waals surface area contributed by atoms with Gasteiger partial charge in [-0.15, -0.1) is 0 Å². The van der Waals surface area contributed by atoms with E-state index in [9.17, 15) is 0 Å². The normalized spacial score (nSPS) is 11.0. The molecule has 4 heteroatoms. The first-order chi connectivity index (χ1) is 10.7. The zero-order valence-corrected chi connectivity index (χ0v) is 13.7. The van der Waals surface area contributed by atoms with Crippen LogP contribution in [0.3, 0.4) is 0 Å². The van der Waals surface area contributed by atoms with Crippen LogP contribution < -0.4 is 4.74 Å².